The summed E-state index contributed by atoms with van der Waals surface area (Å²) in [5.41, 5.74) is 1.68. The van der Waals surface area contributed by atoms with Crippen molar-refractivity contribution < 1.29 is 4.79 Å². The summed E-state index contributed by atoms with van der Waals surface area (Å²) < 4.78 is 1.44. The quantitative estimate of drug-likeness (QED) is 0.739. The van der Waals surface area contributed by atoms with Gasteiger partial charge in [0.05, 0.1) is 11.4 Å². The first-order valence-corrected chi connectivity index (χ1v) is 8.62. The Balaban J connectivity index is 1.68. The molecule has 1 saturated carbocycles. The average molecular weight is 370 g/mol. The van der Waals surface area contributed by atoms with E-state index in [0.29, 0.717) is 34.0 Å². The molecule has 7 nitrogen and oxygen atoms in total. The average Bonchev–Trinajstić information content (AvgIpc) is 3.39. The van der Waals surface area contributed by atoms with Gasteiger partial charge in [0, 0.05) is 28.6 Å². The lowest BCUT2D eigenvalue weighted by Gasteiger charge is -2.09. The van der Waals surface area contributed by atoms with Crippen LogP contribution in [-0.2, 0) is 0 Å². The van der Waals surface area contributed by atoms with Crippen molar-refractivity contribution in [2.24, 2.45) is 0 Å². The molecule has 0 aliphatic heterocycles. The summed E-state index contributed by atoms with van der Waals surface area (Å²) in [6.45, 7) is 1.80. The van der Waals surface area contributed by atoms with Crippen molar-refractivity contribution in [3.05, 3.63) is 68.7 Å². The monoisotopic (exact) mass is 369 g/mol. The molecule has 0 atom stereocenters. The van der Waals surface area contributed by atoms with Gasteiger partial charge in [0.25, 0.3) is 11.5 Å². The number of rotatable bonds is 4. The number of amides is 1. The molecular weight excluding hydrogens is 354 g/mol. The Morgan fingerprint density at radius 1 is 1.27 bits per heavy atom. The third-order valence-corrected chi connectivity index (χ3v) is 4.38. The van der Waals surface area contributed by atoms with Crippen LogP contribution < -0.4 is 10.9 Å². The van der Waals surface area contributed by atoms with Crippen molar-refractivity contribution in [3.63, 3.8) is 0 Å². The molecular formula is C18H16ClN5O2. The minimum atomic E-state index is -0.302. The molecule has 1 amide bonds. The summed E-state index contributed by atoms with van der Waals surface area (Å²) in [5, 5.41) is 7.71. The second-order valence-corrected chi connectivity index (χ2v) is 6.75. The van der Waals surface area contributed by atoms with E-state index >= 15 is 0 Å². The number of carbonyl (C=O) groups is 1. The predicted octanol–water partition coefficient (Wildman–Crippen LogP) is 3.05. The predicted molar refractivity (Wildman–Crippen MR) is 98.1 cm³/mol. The van der Waals surface area contributed by atoms with Gasteiger partial charge in [-0.1, -0.05) is 11.6 Å². The number of benzene rings is 1. The summed E-state index contributed by atoms with van der Waals surface area (Å²) in [6, 6.07) is 9.81. The zero-order valence-corrected chi connectivity index (χ0v) is 14.7. The Hall–Kier alpha value is -2.93. The topological polar surface area (TPSA) is 92.7 Å². The molecule has 1 fully saturated rings. The van der Waals surface area contributed by atoms with Gasteiger partial charge in [0.15, 0.2) is 0 Å². The van der Waals surface area contributed by atoms with Crippen LogP contribution in [0.1, 0.15) is 40.5 Å². The maximum absolute atomic E-state index is 12.5. The summed E-state index contributed by atoms with van der Waals surface area (Å²) in [7, 11) is 0. The number of aromatic nitrogens is 4. The van der Waals surface area contributed by atoms with Crippen molar-refractivity contribution in [2.75, 3.05) is 5.32 Å². The van der Waals surface area contributed by atoms with E-state index in [9.17, 15) is 9.59 Å². The highest BCUT2D eigenvalue weighted by molar-refractivity contribution is 6.30. The zero-order valence-electron chi connectivity index (χ0n) is 14.0. The number of hydrogen-bond acceptors (Lipinski definition) is 4. The molecule has 4 rings (SSSR count). The number of aromatic amines is 1. The highest BCUT2D eigenvalue weighted by Crippen LogP contribution is 2.38. The molecule has 2 aromatic heterocycles. The standard InChI is InChI=1S/C18H16ClN5O2/c1-10-8-15(21-17(26)12-4-6-13(19)7-5-12)24(23-10)18-20-14(11-2-3-11)9-16(25)22-18/h4-9,11H,2-3H2,1H3,(H,21,26)(H,20,22,25). The lowest BCUT2D eigenvalue weighted by molar-refractivity contribution is 0.102. The van der Waals surface area contributed by atoms with Gasteiger partial charge in [0.2, 0.25) is 5.95 Å². The number of H-pyrrole nitrogens is 1. The van der Waals surface area contributed by atoms with Crippen LogP contribution in [0.3, 0.4) is 0 Å². The van der Waals surface area contributed by atoms with Gasteiger partial charge in [-0.25, -0.2) is 4.98 Å². The van der Waals surface area contributed by atoms with E-state index < -0.39 is 0 Å². The summed E-state index contributed by atoms with van der Waals surface area (Å²) >= 11 is 5.86. The first kappa shape index (κ1) is 16.5. The van der Waals surface area contributed by atoms with Gasteiger partial charge in [-0.2, -0.15) is 9.78 Å². The molecule has 132 valence electrons. The molecule has 2 N–H and O–H groups in total. The molecule has 3 aromatic rings. The van der Waals surface area contributed by atoms with Gasteiger partial charge in [0.1, 0.15) is 5.82 Å². The minimum absolute atomic E-state index is 0.236. The highest BCUT2D eigenvalue weighted by Gasteiger charge is 2.26. The molecule has 1 aliphatic rings. The molecule has 8 heteroatoms. The molecule has 2 heterocycles. The molecule has 0 saturated heterocycles. The van der Waals surface area contributed by atoms with Crippen molar-refractivity contribution in [1.82, 2.24) is 19.7 Å². The molecule has 0 bridgehead atoms. The fraction of sp³-hybridized carbons (Fsp3) is 0.222. The van der Waals surface area contributed by atoms with E-state index in [0.717, 1.165) is 18.5 Å². The maximum Gasteiger partial charge on any atom is 0.256 e. The Labute approximate surface area is 154 Å². The van der Waals surface area contributed by atoms with Crippen LogP contribution in [0, 0.1) is 6.92 Å². The van der Waals surface area contributed by atoms with Crippen LogP contribution in [-0.4, -0.2) is 25.7 Å². The number of carbonyl (C=O) groups excluding carboxylic acids is 1. The Bertz CT molecular complexity index is 1030. The third-order valence-electron chi connectivity index (χ3n) is 4.12. The normalized spacial score (nSPS) is 13.6. The van der Waals surface area contributed by atoms with E-state index in [1.807, 2.05) is 0 Å². The van der Waals surface area contributed by atoms with Crippen LogP contribution in [0.5, 0.6) is 0 Å². The molecule has 1 aliphatic carbocycles. The Kier molecular flexibility index (Phi) is 4.08. The van der Waals surface area contributed by atoms with E-state index in [1.165, 1.54) is 10.7 Å². The van der Waals surface area contributed by atoms with E-state index in [2.05, 4.69) is 20.4 Å². The summed E-state index contributed by atoms with van der Waals surface area (Å²) in [4.78, 5) is 31.6. The number of hydrogen-bond donors (Lipinski definition) is 2. The van der Waals surface area contributed by atoms with Gasteiger partial charge in [-0.15, -0.1) is 0 Å². The van der Waals surface area contributed by atoms with Gasteiger partial charge >= 0.3 is 0 Å². The number of nitrogens with zero attached hydrogens (tertiary/aromatic N) is 3. The summed E-state index contributed by atoms with van der Waals surface area (Å²) in [5.74, 6) is 0.751. The van der Waals surface area contributed by atoms with Crippen molar-refractivity contribution in [3.8, 4) is 5.95 Å². The first-order valence-electron chi connectivity index (χ1n) is 8.25. The largest absolute Gasteiger partial charge is 0.306 e. The van der Waals surface area contributed by atoms with Crippen LogP contribution in [0.4, 0.5) is 5.82 Å². The second-order valence-electron chi connectivity index (χ2n) is 6.31. The first-order chi connectivity index (χ1) is 12.5. The number of halogens is 1. The number of nitrogens with one attached hydrogen (secondary N) is 2. The molecule has 0 spiro atoms. The highest BCUT2D eigenvalue weighted by atomic mass is 35.5. The van der Waals surface area contributed by atoms with Crippen LogP contribution in [0.15, 0.2) is 41.2 Å². The Morgan fingerprint density at radius 2 is 2.00 bits per heavy atom. The lowest BCUT2D eigenvalue weighted by atomic mass is 10.2. The van der Waals surface area contributed by atoms with Crippen LogP contribution >= 0.6 is 11.6 Å². The van der Waals surface area contributed by atoms with E-state index in [4.69, 9.17) is 11.6 Å². The lowest BCUT2D eigenvalue weighted by Crippen LogP contribution is -2.19. The molecule has 0 radical (unpaired) electrons. The fourth-order valence-electron chi connectivity index (χ4n) is 2.69. The molecule has 26 heavy (non-hydrogen) atoms. The SMILES string of the molecule is Cc1cc(NC(=O)c2ccc(Cl)cc2)n(-c2nc(C3CC3)cc(=O)[nH]2)n1. The fourth-order valence-corrected chi connectivity index (χ4v) is 2.82. The van der Waals surface area contributed by atoms with Gasteiger partial charge in [-0.3, -0.25) is 14.6 Å². The maximum atomic E-state index is 12.5. The minimum Gasteiger partial charge on any atom is -0.306 e. The van der Waals surface area contributed by atoms with Crippen molar-refractivity contribution >= 4 is 23.3 Å². The molecule has 1 aromatic carbocycles. The third kappa shape index (κ3) is 3.39. The van der Waals surface area contributed by atoms with Crippen LogP contribution in [0.2, 0.25) is 5.02 Å². The number of aryl methyl sites for hydroxylation is 1. The summed E-state index contributed by atoms with van der Waals surface area (Å²) in [6.07, 6.45) is 2.07. The van der Waals surface area contributed by atoms with E-state index in [1.54, 1.807) is 37.3 Å². The number of anilines is 1. The van der Waals surface area contributed by atoms with E-state index in [-0.39, 0.29) is 11.5 Å². The van der Waals surface area contributed by atoms with Crippen LogP contribution in [0.25, 0.3) is 5.95 Å². The van der Waals surface area contributed by atoms with Gasteiger partial charge < -0.3 is 5.32 Å². The Morgan fingerprint density at radius 3 is 2.69 bits per heavy atom. The smallest absolute Gasteiger partial charge is 0.256 e. The van der Waals surface area contributed by atoms with Gasteiger partial charge in [-0.05, 0) is 44.0 Å². The zero-order chi connectivity index (χ0) is 18.3. The van der Waals surface area contributed by atoms with Crippen molar-refractivity contribution in [1.29, 1.82) is 0 Å². The molecule has 0 unspecified atom stereocenters. The van der Waals surface area contributed by atoms with Crippen molar-refractivity contribution in [2.45, 2.75) is 25.7 Å². The second kappa shape index (κ2) is 6.42.